The number of hydrogen-bond acceptors (Lipinski definition) is 5. The predicted octanol–water partition coefficient (Wildman–Crippen LogP) is 3.78. The summed E-state index contributed by atoms with van der Waals surface area (Å²) in [6, 6.07) is 12.7. The number of aromatic carboxylic acids is 1. The van der Waals surface area contributed by atoms with E-state index in [9.17, 15) is 14.3 Å². The summed E-state index contributed by atoms with van der Waals surface area (Å²) in [6.07, 6.45) is 0. The summed E-state index contributed by atoms with van der Waals surface area (Å²) in [4.78, 5) is 11.9. The molecule has 0 aliphatic rings. The molecule has 3 rings (SSSR count). The fraction of sp³-hybridized carbons (Fsp3) is 0.238. The topological polar surface area (TPSA) is 82.8 Å². The molecule has 1 heterocycles. The first kappa shape index (κ1) is 20.7. The van der Waals surface area contributed by atoms with E-state index in [4.69, 9.17) is 14.2 Å². The van der Waals surface area contributed by atoms with Crippen molar-refractivity contribution in [2.75, 3.05) is 21.0 Å². The van der Waals surface area contributed by atoms with Crippen molar-refractivity contribution >= 4 is 5.97 Å². The molecule has 0 saturated carbocycles. The van der Waals surface area contributed by atoms with Crippen LogP contribution in [0.25, 0.3) is 22.5 Å². The van der Waals surface area contributed by atoms with Gasteiger partial charge in [-0.25, -0.2) is 13.9 Å². The van der Waals surface area contributed by atoms with Gasteiger partial charge in [0.25, 0.3) is 0 Å². The van der Waals surface area contributed by atoms with Crippen LogP contribution in [0.4, 0.5) is 4.39 Å². The van der Waals surface area contributed by atoms with E-state index in [1.54, 1.807) is 35.0 Å². The van der Waals surface area contributed by atoms with Gasteiger partial charge in [0.15, 0.2) is 0 Å². The molecule has 0 unspecified atom stereocenters. The van der Waals surface area contributed by atoms with E-state index in [-0.39, 0.29) is 31.5 Å². The van der Waals surface area contributed by atoms with Crippen molar-refractivity contribution in [3.05, 3.63) is 65.5 Å². The van der Waals surface area contributed by atoms with Gasteiger partial charge < -0.3 is 19.3 Å². The van der Waals surface area contributed by atoms with Crippen LogP contribution in [0.15, 0.2) is 48.5 Å². The normalized spacial score (nSPS) is 11.0. The summed E-state index contributed by atoms with van der Waals surface area (Å²) < 4.78 is 30.5. The number of methoxy groups -OCH3 is 2. The maximum atomic E-state index is 13.3. The summed E-state index contributed by atoms with van der Waals surface area (Å²) in [5.74, 6) is -1.42. The molecule has 0 saturated heterocycles. The molecule has 152 valence electrons. The molecule has 1 N–H and O–H groups in total. The van der Waals surface area contributed by atoms with Crippen molar-refractivity contribution in [2.24, 2.45) is 0 Å². The molecule has 0 atom stereocenters. The molecule has 29 heavy (non-hydrogen) atoms. The zero-order chi connectivity index (χ0) is 20.8. The van der Waals surface area contributed by atoms with Crippen LogP contribution in [0.3, 0.4) is 0 Å². The highest BCUT2D eigenvalue weighted by atomic mass is 19.1. The Hall–Kier alpha value is -3.07. The molecule has 0 amide bonds. The Morgan fingerprint density at radius 3 is 2.55 bits per heavy atom. The second kappa shape index (κ2) is 9.42. The van der Waals surface area contributed by atoms with Crippen LogP contribution >= 0.6 is 0 Å². The third kappa shape index (κ3) is 4.68. The standard InChI is InChI=1S/C21H21FN2O5/c1-27-12-24-19(10-18(23-24)14-6-8-16(22)9-7-14)20-15(11-29-13-28-2)4-3-5-17(20)21(25)26/h3-10H,11-13H2,1-2H3,(H,25,26). The van der Waals surface area contributed by atoms with E-state index in [2.05, 4.69) is 5.10 Å². The molecule has 0 fully saturated rings. The average molecular weight is 400 g/mol. The van der Waals surface area contributed by atoms with Crippen molar-refractivity contribution in [3.8, 4) is 22.5 Å². The fourth-order valence-electron chi connectivity index (χ4n) is 3.04. The average Bonchev–Trinajstić information content (AvgIpc) is 3.12. The molecule has 0 bridgehead atoms. The molecule has 3 aromatic rings. The van der Waals surface area contributed by atoms with Crippen LogP contribution < -0.4 is 0 Å². The number of carbonyl (C=O) groups is 1. The summed E-state index contributed by atoms with van der Waals surface area (Å²) >= 11 is 0. The molecule has 7 nitrogen and oxygen atoms in total. The number of aromatic nitrogens is 2. The van der Waals surface area contributed by atoms with E-state index < -0.39 is 5.97 Å². The smallest absolute Gasteiger partial charge is 0.336 e. The minimum atomic E-state index is -1.07. The minimum absolute atomic E-state index is 0.0783. The van der Waals surface area contributed by atoms with Gasteiger partial charge in [0.05, 0.1) is 23.6 Å². The summed E-state index contributed by atoms with van der Waals surface area (Å²) in [5.41, 5.74) is 3.10. The van der Waals surface area contributed by atoms with E-state index in [1.165, 1.54) is 32.4 Å². The number of carboxylic acids is 1. The molecule has 0 aliphatic carbocycles. The Kier molecular flexibility index (Phi) is 6.71. The second-order valence-corrected chi connectivity index (χ2v) is 6.24. The van der Waals surface area contributed by atoms with Crippen molar-refractivity contribution < 1.29 is 28.5 Å². The number of halogens is 1. The molecule has 2 aromatic carbocycles. The van der Waals surface area contributed by atoms with Gasteiger partial charge in [0.1, 0.15) is 19.3 Å². The quantitative estimate of drug-likeness (QED) is 0.435. The summed E-state index contributed by atoms with van der Waals surface area (Å²) in [5, 5.41) is 14.3. The van der Waals surface area contributed by atoms with Crippen LogP contribution in [-0.2, 0) is 27.5 Å². The van der Waals surface area contributed by atoms with Crippen LogP contribution in [-0.4, -0.2) is 41.9 Å². The van der Waals surface area contributed by atoms with Gasteiger partial charge in [-0.2, -0.15) is 5.10 Å². The van der Waals surface area contributed by atoms with Crippen LogP contribution in [0.5, 0.6) is 0 Å². The van der Waals surface area contributed by atoms with E-state index in [0.717, 1.165) is 0 Å². The lowest BCUT2D eigenvalue weighted by molar-refractivity contribution is -0.0389. The number of rotatable bonds is 9. The number of nitrogens with zero attached hydrogens (tertiary/aromatic N) is 2. The number of ether oxygens (including phenoxy) is 3. The van der Waals surface area contributed by atoms with Gasteiger partial charge in [-0.05, 0) is 42.0 Å². The lowest BCUT2D eigenvalue weighted by Gasteiger charge is -2.14. The van der Waals surface area contributed by atoms with Gasteiger partial charge in [-0.15, -0.1) is 0 Å². The Balaban J connectivity index is 2.15. The number of benzene rings is 2. The van der Waals surface area contributed by atoms with Crippen molar-refractivity contribution in [1.29, 1.82) is 0 Å². The Morgan fingerprint density at radius 2 is 1.90 bits per heavy atom. The van der Waals surface area contributed by atoms with Gasteiger partial charge in [0.2, 0.25) is 0 Å². The third-order valence-corrected chi connectivity index (χ3v) is 4.27. The zero-order valence-corrected chi connectivity index (χ0v) is 16.1. The van der Waals surface area contributed by atoms with E-state index in [0.29, 0.717) is 28.1 Å². The largest absolute Gasteiger partial charge is 0.478 e. The predicted molar refractivity (Wildman–Crippen MR) is 104 cm³/mol. The first-order chi connectivity index (χ1) is 14.0. The second-order valence-electron chi connectivity index (χ2n) is 6.24. The zero-order valence-electron chi connectivity index (χ0n) is 16.1. The Morgan fingerprint density at radius 1 is 1.14 bits per heavy atom. The molecule has 1 aromatic heterocycles. The molecule has 0 radical (unpaired) electrons. The van der Waals surface area contributed by atoms with Crippen molar-refractivity contribution in [3.63, 3.8) is 0 Å². The highest BCUT2D eigenvalue weighted by Gasteiger charge is 2.21. The lowest BCUT2D eigenvalue weighted by Crippen LogP contribution is -2.10. The SMILES string of the molecule is COCOCc1cccc(C(=O)O)c1-c1cc(-c2ccc(F)cc2)nn1COC. The number of hydrogen-bond donors (Lipinski definition) is 1. The van der Waals surface area contributed by atoms with Crippen molar-refractivity contribution in [2.45, 2.75) is 13.3 Å². The van der Waals surface area contributed by atoms with Gasteiger partial charge in [-0.3, -0.25) is 0 Å². The minimum Gasteiger partial charge on any atom is -0.478 e. The Bertz CT molecular complexity index is 985. The summed E-state index contributed by atoms with van der Waals surface area (Å²) in [7, 11) is 3.03. The Labute approximate surface area is 167 Å². The van der Waals surface area contributed by atoms with E-state index >= 15 is 0 Å². The molecular formula is C21H21FN2O5. The van der Waals surface area contributed by atoms with Gasteiger partial charge in [0, 0.05) is 25.3 Å². The third-order valence-electron chi connectivity index (χ3n) is 4.27. The maximum absolute atomic E-state index is 13.3. The first-order valence-electron chi connectivity index (χ1n) is 8.80. The van der Waals surface area contributed by atoms with Gasteiger partial charge in [-0.1, -0.05) is 12.1 Å². The monoisotopic (exact) mass is 400 g/mol. The lowest BCUT2D eigenvalue weighted by atomic mass is 9.97. The molecule has 0 aliphatic heterocycles. The van der Waals surface area contributed by atoms with Crippen LogP contribution in [0.2, 0.25) is 0 Å². The molecule has 8 heteroatoms. The number of carboxylic acid groups (broad SMARTS) is 1. The summed E-state index contributed by atoms with van der Waals surface area (Å²) in [6.45, 7) is 0.353. The van der Waals surface area contributed by atoms with Crippen molar-refractivity contribution in [1.82, 2.24) is 9.78 Å². The highest BCUT2D eigenvalue weighted by Crippen LogP contribution is 2.32. The van der Waals surface area contributed by atoms with Gasteiger partial charge >= 0.3 is 5.97 Å². The molecular weight excluding hydrogens is 379 g/mol. The molecule has 0 spiro atoms. The van der Waals surface area contributed by atoms with Crippen LogP contribution in [0, 0.1) is 5.82 Å². The van der Waals surface area contributed by atoms with E-state index in [1.807, 2.05) is 0 Å². The first-order valence-corrected chi connectivity index (χ1v) is 8.80. The highest BCUT2D eigenvalue weighted by molar-refractivity contribution is 5.96. The van der Waals surface area contributed by atoms with Crippen LogP contribution in [0.1, 0.15) is 15.9 Å². The fourth-order valence-corrected chi connectivity index (χ4v) is 3.04. The maximum Gasteiger partial charge on any atom is 0.336 e.